The van der Waals surface area contributed by atoms with Gasteiger partial charge in [0.05, 0.1) is 6.61 Å². The summed E-state index contributed by atoms with van der Waals surface area (Å²) in [7, 11) is 0. The standard InChI is InChI=1S/C33H50N2O6/c1-6-26(5)31(35-29(36)22-19-27-17-20-28(21-18-27)41-33(39)25(3)4)32(38)34-23-15-13-11-9-8-10-12-14-16-24-40-30(37)7-2/h7,17-18,20-21,26,31H,2-3,6,8-16,19,22-24H2,1,4-5H3,(H,34,38)(H,35,36). The predicted molar refractivity (Wildman–Crippen MR) is 162 cm³/mol. The summed E-state index contributed by atoms with van der Waals surface area (Å²) in [5, 5.41) is 5.94. The van der Waals surface area contributed by atoms with Crippen LogP contribution in [0.3, 0.4) is 0 Å². The molecular formula is C33H50N2O6. The van der Waals surface area contributed by atoms with Gasteiger partial charge in [-0.15, -0.1) is 0 Å². The highest BCUT2D eigenvalue weighted by atomic mass is 16.5. The summed E-state index contributed by atoms with van der Waals surface area (Å²) in [6.45, 7) is 13.6. The second-order valence-corrected chi connectivity index (χ2v) is 10.6. The van der Waals surface area contributed by atoms with Gasteiger partial charge in [-0.25, -0.2) is 9.59 Å². The molecule has 0 radical (unpaired) electrons. The Morgan fingerprint density at radius 2 is 1.51 bits per heavy atom. The Morgan fingerprint density at radius 3 is 2.07 bits per heavy atom. The van der Waals surface area contributed by atoms with Crippen molar-refractivity contribution in [2.45, 2.75) is 104 Å². The molecule has 0 aromatic heterocycles. The van der Waals surface area contributed by atoms with Crippen LogP contribution in [0.25, 0.3) is 0 Å². The SMILES string of the molecule is C=CC(=O)OCCCCCCCCCCCNC(=O)C(NC(=O)CCc1ccc(OC(=O)C(=C)C)cc1)C(C)CC. The number of carbonyl (C=O) groups excluding carboxylic acids is 4. The first-order valence-electron chi connectivity index (χ1n) is 15.0. The number of rotatable bonds is 22. The molecule has 2 N–H and O–H groups in total. The first kappa shape index (κ1) is 35.6. The van der Waals surface area contributed by atoms with Gasteiger partial charge in [-0.05, 0) is 49.8 Å². The van der Waals surface area contributed by atoms with E-state index in [4.69, 9.17) is 9.47 Å². The Hall–Kier alpha value is -3.42. The Balaban J connectivity index is 2.25. The van der Waals surface area contributed by atoms with Crippen LogP contribution in [-0.4, -0.2) is 42.9 Å². The maximum Gasteiger partial charge on any atom is 0.338 e. The quantitative estimate of drug-likeness (QED) is 0.0767. The summed E-state index contributed by atoms with van der Waals surface area (Å²) in [5.74, 6) is -0.678. The third kappa shape index (κ3) is 16.4. The van der Waals surface area contributed by atoms with Crippen molar-refractivity contribution in [3.8, 4) is 5.75 Å². The zero-order valence-corrected chi connectivity index (χ0v) is 25.3. The zero-order chi connectivity index (χ0) is 30.5. The van der Waals surface area contributed by atoms with E-state index in [0.29, 0.717) is 30.9 Å². The molecule has 0 heterocycles. The van der Waals surface area contributed by atoms with Gasteiger partial charge in [0.15, 0.2) is 0 Å². The highest BCUT2D eigenvalue weighted by Crippen LogP contribution is 2.15. The molecule has 41 heavy (non-hydrogen) atoms. The summed E-state index contributed by atoms with van der Waals surface area (Å²) >= 11 is 0. The van der Waals surface area contributed by atoms with Crippen LogP contribution in [0.4, 0.5) is 0 Å². The van der Waals surface area contributed by atoms with Gasteiger partial charge >= 0.3 is 11.9 Å². The Morgan fingerprint density at radius 1 is 0.927 bits per heavy atom. The molecule has 2 amide bonds. The lowest BCUT2D eigenvalue weighted by atomic mass is 9.97. The van der Waals surface area contributed by atoms with Gasteiger partial charge < -0.3 is 20.1 Å². The third-order valence-electron chi connectivity index (χ3n) is 6.97. The van der Waals surface area contributed by atoms with Crippen LogP contribution in [-0.2, 0) is 30.3 Å². The molecule has 8 nitrogen and oxygen atoms in total. The van der Waals surface area contributed by atoms with Crippen LogP contribution in [0.5, 0.6) is 5.75 Å². The van der Waals surface area contributed by atoms with Crippen molar-refractivity contribution in [2.75, 3.05) is 13.2 Å². The summed E-state index contributed by atoms with van der Waals surface area (Å²) in [5.41, 5.74) is 1.26. The van der Waals surface area contributed by atoms with E-state index in [1.54, 1.807) is 19.1 Å². The molecule has 0 aliphatic carbocycles. The van der Waals surface area contributed by atoms with Crippen LogP contribution < -0.4 is 15.4 Å². The van der Waals surface area contributed by atoms with Gasteiger partial charge in [-0.1, -0.05) is 90.5 Å². The Kier molecular flexibility index (Phi) is 18.5. The number of unbranched alkanes of at least 4 members (excludes halogenated alkanes) is 8. The van der Waals surface area contributed by atoms with Gasteiger partial charge in [0.1, 0.15) is 11.8 Å². The van der Waals surface area contributed by atoms with Crippen molar-refractivity contribution in [2.24, 2.45) is 5.92 Å². The van der Waals surface area contributed by atoms with Crippen LogP contribution in [0.1, 0.15) is 97.0 Å². The fourth-order valence-corrected chi connectivity index (χ4v) is 4.14. The predicted octanol–water partition coefficient (Wildman–Crippen LogP) is 5.99. The number of hydrogen-bond donors (Lipinski definition) is 2. The average Bonchev–Trinajstić information content (AvgIpc) is 2.97. The van der Waals surface area contributed by atoms with Crippen molar-refractivity contribution in [3.63, 3.8) is 0 Å². The zero-order valence-electron chi connectivity index (χ0n) is 25.3. The molecule has 1 rings (SSSR count). The largest absolute Gasteiger partial charge is 0.463 e. The topological polar surface area (TPSA) is 111 Å². The fraction of sp³-hybridized carbons (Fsp3) is 0.576. The summed E-state index contributed by atoms with van der Waals surface area (Å²) < 4.78 is 10.2. The number of esters is 2. The molecule has 0 fully saturated rings. The first-order valence-corrected chi connectivity index (χ1v) is 15.0. The van der Waals surface area contributed by atoms with Gasteiger partial charge in [0.25, 0.3) is 0 Å². The monoisotopic (exact) mass is 570 g/mol. The minimum atomic E-state index is -0.559. The molecule has 8 heteroatoms. The maximum absolute atomic E-state index is 12.9. The number of benzene rings is 1. The molecule has 0 bridgehead atoms. The van der Waals surface area contributed by atoms with Gasteiger partial charge in [0, 0.05) is 24.6 Å². The number of ether oxygens (including phenoxy) is 2. The smallest absolute Gasteiger partial charge is 0.338 e. The van der Waals surface area contributed by atoms with Crippen molar-refractivity contribution in [3.05, 3.63) is 54.6 Å². The van der Waals surface area contributed by atoms with Crippen LogP contribution in [0.2, 0.25) is 0 Å². The fourth-order valence-electron chi connectivity index (χ4n) is 4.14. The van der Waals surface area contributed by atoms with E-state index < -0.39 is 12.0 Å². The third-order valence-corrected chi connectivity index (χ3v) is 6.97. The number of aryl methyl sites for hydroxylation is 1. The molecule has 1 aromatic rings. The highest BCUT2D eigenvalue weighted by Gasteiger charge is 2.25. The summed E-state index contributed by atoms with van der Waals surface area (Å²) in [6.07, 6.45) is 12.5. The van der Waals surface area contributed by atoms with Crippen LogP contribution >= 0.6 is 0 Å². The van der Waals surface area contributed by atoms with Crippen molar-refractivity contribution in [1.29, 1.82) is 0 Å². The van der Waals surface area contributed by atoms with Crippen LogP contribution in [0, 0.1) is 5.92 Å². The maximum atomic E-state index is 12.9. The normalized spacial score (nSPS) is 12.1. The van der Waals surface area contributed by atoms with Gasteiger partial charge in [0.2, 0.25) is 11.8 Å². The van der Waals surface area contributed by atoms with Crippen molar-refractivity contribution >= 4 is 23.8 Å². The molecular weight excluding hydrogens is 520 g/mol. The van der Waals surface area contributed by atoms with E-state index >= 15 is 0 Å². The molecule has 2 atom stereocenters. The van der Waals surface area contributed by atoms with E-state index in [-0.39, 0.29) is 30.1 Å². The number of nitrogens with one attached hydrogen (secondary N) is 2. The molecule has 0 aliphatic heterocycles. The molecule has 0 saturated heterocycles. The molecule has 2 unspecified atom stereocenters. The van der Waals surface area contributed by atoms with E-state index in [1.165, 1.54) is 25.3 Å². The second kappa shape index (κ2) is 21.3. The second-order valence-electron chi connectivity index (χ2n) is 10.6. The number of hydrogen-bond acceptors (Lipinski definition) is 6. The molecule has 0 aliphatic rings. The summed E-state index contributed by atoms with van der Waals surface area (Å²) in [6, 6.07) is 6.46. The minimum Gasteiger partial charge on any atom is -0.463 e. The van der Waals surface area contributed by atoms with E-state index in [0.717, 1.165) is 50.5 Å². The molecule has 1 aromatic carbocycles. The Labute approximate surface area is 246 Å². The number of amides is 2. The van der Waals surface area contributed by atoms with E-state index in [9.17, 15) is 19.2 Å². The van der Waals surface area contributed by atoms with Crippen molar-refractivity contribution in [1.82, 2.24) is 10.6 Å². The molecule has 0 saturated carbocycles. The van der Waals surface area contributed by atoms with E-state index in [2.05, 4.69) is 23.8 Å². The van der Waals surface area contributed by atoms with Crippen molar-refractivity contribution < 1.29 is 28.7 Å². The van der Waals surface area contributed by atoms with Gasteiger partial charge in [-0.3, -0.25) is 9.59 Å². The number of carbonyl (C=O) groups is 4. The lowest BCUT2D eigenvalue weighted by molar-refractivity contribution is -0.138. The lowest BCUT2D eigenvalue weighted by Gasteiger charge is -2.23. The van der Waals surface area contributed by atoms with Gasteiger partial charge in [-0.2, -0.15) is 0 Å². The highest BCUT2D eigenvalue weighted by molar-refractivity contribution is 5.89. The Bertz CT molecular complexity index is 972. The molecule has 228 valence electrons. The average molecular weight is 571 g/mol. The summed E-state index contributed by atoms with van der Waals surface area (Å²) in [4.78, 5) is 48.1. The minimum absolute atomic E-state index is 0.0234. The molecule has 0 spiro atoms. The van der Waals surface area contributed by atoms with Crippen LogP contribution in [0.15, 0.2) is 49.1 Å². The van der Waals surface area contributed by atoms with E-state index in [1.807, 2.05) is 26.0 Å². The lowest BCUT2D eigenvalue weighted by Crippen LogP contribution is -2.50. The first-order chi connectivity index (χ1) is 19.7.